The zero-order valence-electron chi connectivity index (χ0n) is 16.2. The van der Waals surface area contributed by atoms with E-state index in [4.69, 9.17) is 4.42 Å². The summed E-state index contributed by atoms with van der Waals surface area (Å²) in [6.45, 7) is 5.20. The molecule has 1 heterocycles. The van der Waals surface area contributed by atoms with Gasteiger partial charge in [-0.15, -0.1) is 0 Å². The Morgan fingerprint density at radius 3 is 2.38 bits per heavy atom. The molecule has 0 aliphatic rings. The first-order valence-corrected chi connectivity index (χ1v) is 10.8. The van der Waals surface area contributed by atoms with E-state index >= 15 is 0 Å². The molecular weight excluding hydrogens is 392 g/mol. The van der Waals surface area contributed by atoms with E-state index in [0.717, 1.165) is 0 Å². The molecule has 0 aliphatic carbocycles. The molecule has 0 radical (unpaired) electrons. The molecule has 1 aromatic heterocycles. The Morgan fingerprint density at radius 1 is 1.10 bits per heavy atom. The Balaban J connectivity index is 2.36. The van der Waals surface area contributed by atoms with Crippen LogP contribution in [0.25, 0.3) is 11.0 Å². The van der Waals surface area contributed by atoms with Gasteiger partial charge >= 0.3 is 0 Å². The molecular formula is C21H22N2O5S. The van der Waals surface area contributed by atoms with Crippen molar-refractivity contribution in [3.05, 3.63) is 65.2 Å². The predicted octanol–water partition coefficient (Wildman–Crippen LogP) is 3.71. The van der Waals surface area contributed by atoms with Gasteiger partial charge in [0, 0.05) is 29.7 Å². The van der Waals surface area contributed by atoms with E-state index in [2.05, 4.69) is 4.99 Å². The van der Waals surface area contributed by atoms with Crippen LogP contribution < -0.4 is 10.5 Å². The monoisotopic (exact) mass is 414 g/mol. The van der Waals surface area contributed by atoms with Gasteiger partial charge in [0.15, 0.2) is 6.29 Å². The summed E-state index contributed by atoms with van der Waals surface area (Å²) >= 11 is 0. The Bertz CT molecular complexity index is 1200. The Kier molecular flexibility index (Phi) is 6.14. The average Bonchev–Trinajstić information content (AvgIpc) is 2.70. The van der Waals surface area contributed by atoms with Gasteiger partial charge in [0.25, 0.3) is 10.1 Å². The van der Waals surface area contributed by atoms with Gasteiger partial charge in [0.1, 0.15) is 11.3 Å². The van der Waals surface area contributed by atoms with Gasteiger partial charge in [-0.05, 0) is 44.2 Å². The van der Waals surface area contributed by atoms with Crippen molar-refractivity contribution in [3.63, 3.8) is 0 Å². The zero-order valence-corrected chi connectivity index (χ0v) is 17.0. The second-order valence-electron chi connectivity index (χ2n) is 6.45. The lowest BCUT2D eigenvalue weighted by atomic mass is 10.1. The molecule has 0 aliphatic heterocycles. The molecule has 7 nitrogen and oxygen atoms in total. The number of fused-ring (bicyclic) bond motifs is 1. The number of nitrogens with zero attached hydrogens (tertiary/aromatic N) is 2. The Labute approximate surface area is 169 Å². The van der Waals surface area contributed by atoms with Crippen molar-refractivity contribution in [1.29, 1.82) is 0 Å². The van der Waals surface area contributed by atoms with Crippen LogP contribution >= 0.6 is 0 Å². The van der Waals surface area contributed by atoms with Crippen molar-refractivity contribution in [1.82, 2.24) is 0 Å². The van der Waals surface area contributed by atoms with Crippen LogP contribution in [0, 0.1) is 0 Å². The highest BCUT2D eigenvalue weighted by Crippen LogP contribution is 2.30. The fraction of sp³-hybridized carbons (Fsp3) is 0.238. The topological polar surface area (TPSA) is 100 Å². The third-order valence-electron chi connectivity index (χ3n) is 4.57. The fourth-order valence-electron chi connectivity index (χ4n) is 3.23. The first kappa shape index (κ1) is 20.8. The molecule has 0 unspecified atom stereocenters. The number of anilines is 1. The zero-order chi connectivity index (χ0) is 21.0. The van der Waals surface area contributed by atoms with E-state index in [9.17, 15) is 17.8 Å². The van der Waals surface area contributed by atoms with Crippen LogP contribution in [0.15, 0.2) is 57.9 Å². The van der Waals surface area contributed by atoms with E-state index in [1.807, 2.05) is 36.9 Å². The minimum absolute atomic E-state index is 0.0759. The van der Waals surface area contributed by atoms with Crippen LogP contribution in [0.5, 0.6) is 0 Å². The molecule has 0 spiro atoms. The van der Waals surface area contributed by atoms with Crippen molar-refractivity contribution in [3.8, 4) is 0 Å². The third-order valence-corrected chi connectivity index (χ3v) is 5.22. The maximum atomic E-state index is 11.7. The number of carbonyl (C=O) groups is 1. The van der Waals surface area contributed by atoms with Gasteiger partial charge in [-0.2, -0.15) is 8.42 Å². The van der Waals surface area contributed by atoms with Gasteiger partial charge in [-0.1, -0.05) is 18.2 Å². The molecule has 0 bridgehead atoms. The highest BCUT2D eigenvalue weighted by Gasteiger charge is 2.20. The van der Waals surface area contributed by atoms with Crippen LogP contribution in [0.3, 0.4) is 0 Å². The molecule has 0 saturated heterocycles. The highest BCUT2D eigenvalue weighted by atomic mass is 32.2. The van der Waals surface area contributed by atoms with Gasteiger partial charge in [-0.25, -0.2) is 4.99 Å². The smallest absolute Gasteiger partial charge is 0.269 e. The lowest BCUT2D eigenvalue weighted by Gasteiger charge is -2.24. The molecule has 0 atom stereocenters. The number of hydrogen-bond acceptors (Lipinski definition) is 6. The first-order valence-electron chi connectivity index (χ1n) is 9.21. The standard InChI is InChI=1S/C21H22N2O5S/c1-3-23(4-2)19-11-10-15-12-16(13-24)21(22-17-8-6-5-7-9-17)28-20(15)18(19)14-29(25,26)27/h5-13H,3-4,14H2,1-2H3,(H,25,26,27). The molecule has 3 aromatic rings. The van der Waals surface area contributed by atoms with Gasteiger partial charge < -0.3 is 9.32 Å². The van der Waals surface area contributed by atoms with Crippen molar-refractivity contribution in [2.45, 2.75) is 19.6 Å². The van der Waals surface area contributed by atoms with Crippen LogP contribution in [0.2, 0.25) is 0 Å². The normalized spacial score (nSPS) is 12.3. The summed E-state index contributed by atoms with van der Waals surface area (Å²) in [5.41, 5.74) is 2.16. The molecule has 1 N–H and O–H groups in total. The molecule has 3 rings (SSSR count). The maximum Gasteiger partial charge on any atom is 0.269 e. The van der Waals surface area contributed by atoms with Crippen molar-refractivity contribution >= 4 is 38.7 Å². The van der Waals surface area contributed by atoms with Crippen LogP contribution in [0.4, 0.5) is 11.4 Å². The van der Waals surface area contributed by atoms with Crippen molar-refractivity contribution in [2.75, 3.05) is 18.0 Å². The number of aldehydes is 1. The molecule has 2 aromatic carbocycles. The lowest BCUT2D eigenvalue weighted by Crippen LogP contribution is -2.24. The summed E-state index contributed by atoms with van der Waals surface area (Å²) in [7, 11) is -4.32. The Hall–Kier alpha value is -2.97. The van der Waals surface area contributed by atoms with E-state index in [0.29, 0.717) is 41.7 Å². The highest BCUT2D eigenvalue weighted by molar-refractivity contribution is 7.85. The second-order valence-corrected chi connectivity index (χ2v) is 7.90. The number of benzene rings is 2. The van der Waals surface area contributed by atoms with E-state index in [1.165, 1.54) is 0 Å². The molecule has 0 amide bonds. The van der Waals surface area contributed by atoms with Crippen LogP contribution in [-0.4, -0.2) is 32.3 Å². The minimum Gasteiger partial charge on any atom is -0.437 e. The molecule has 8 heteroatoms. The molecule has 0 saturated carbocycles. The van der Waals surface area contributed by atoms with Crippen LogP contribution in [-0.2, 0) is 15.9 Å². The summed E-state index contributed by atoms with van der Waals surface area (Å²) in [5, 5.41) is 0.550. The third kappa shape index (κ3) is 4.72. The summed E-state index contributed by atoms with van der Waals surface area (Å²) < 4.78 is 38.9. The fourth-order valence-corrected chi connectivity index (χ4v) is 3.87. The summed E-state index contributed by atoms with van der Waals surface area (Å²) in [4.78, 5) is 17.9. The van der Waals surface area contributed by atoms with E-state index in [1.54, 1.807) is 30.3 Å². The molecule has 0 fully saturated rings. The predicted molar refractivity (Wildman–Crippen MR) is 112 cm³/mol. The maximum absolute atomic E-state index is 11.7. The van der Waals surface area contributed by atoms with Gasteiger partial charge in [0.2, 0.25) is 5.55 Å². The van der Waals surface area contributed by atoms with Gasteiger partial charge in [-0.3, -0.25) is 9.35 Å². The molecule has 29 heavy (non-hydrogen) atoms. The van der Waals surface area contributed by atoms with Crippen molar-refractivity contribution < 1.29 is 22.2 Å². The first-order chi connectivity index (χ1) is 13.9. The van der Waals surface area contributed by atoms with Crippen LogP contribution in [0.1, 0.15) is 29.8 Å². The quantitative estimate of drug-likeness (QED) is 0.467. The molecule has 152 valence electrons. The summed E-state index contributed by atoms with van der Waals surface area (Å²) in [5.74, 6) is -0.606. The largest absolute Gasteiger partial charge is 0.437 e. The summed E-state index contributed by atoms with van der Waals surface area (Å²) in [6.07, 6.45) is 0.644. The average molecular weight is 414 g/mol. The SMILES string of the molecule is CCN(CC)c1ccc2cc(C=O)c(=Nc3ccccc3)oc2c1CS(=O)(=O)O. The number of rotatable bonds is 7. The minimum atomic E-state index is -4.32. The van der Waals surface area contributed by atoms with E-state index in [-0.39, 0.29) is 16.7 Å². The summed E-state index contributed by atoms with van der Waals surface area (Å²) in [6, 6.07) is 14.1. The Morgan fingerprint density at radius 2 is 1.79 bits per heavy atom. The van der Waals surface area contributed by atoms with Crippen molar-refractivity contribution in [2.24, 2.45) is 4.99 Å². The number of hydrogen-bond donors (Lipinski definition) is 1. The van der Waals surface area contributed by atoms with E-state index < -0.39 is 15.9 Å². The number of carbonyl (C=O) groups excluding carboxylic acids is 1. The lowest BCUT2D eigenvalue weighted by molar-refractivity contribution is 0.112. The number of para-hydroxylation sites is 1. The second kappa shape index (κ2) is 8.59. The van der Waals surface area contributed by atoms with Gasteiger partial charge in [0.05, 0.1) is 11.3 Å².